The molecule has 0 saturated carbocycles. The Morgan fingerprint density at radius 1 is 1.29 bits per heavy atom. The molecule has 0 unspecified atom stereocenters. The zero-order valence-corrected chi connectivity index (χ0v) is 9.99. The Bertz CT molecular complexity index is 494. The van der Waals surface area contributed by atoms with E-state index in [2.05, 4.69) is 5.32 Å². The van der Waals surface area contributed by atoms with Gasteiger partial charge in [0.15, 0.2) is 0 Å². The Morgan fingerprint density at radius 3 is 2.47 bits per heavy atom. The van der Waals surface area contributed by atoms with E-state index in [0.717, 1.165) is 10.5 Å². The van der Waals surface area contributed by atoms with Gasteiger partial charge in [0.2, 0.25) is 0 Å². The summed E-state index contributed by atoms with van der Waals surface area (Å²) in [5, 5.41) is 3.16. The number of nitrogens with zero attached hydrogens (tertiary/aromatic N) is 1. The highest BCUT2D eigenvalue weighted by atomic mass is 35.5. The van der Waals surface area contributed by atoms with Crippen LogP contribution in [0.3, 0.4) is 0 Å². The maximum atomic E-state index is 11.8. The molecule has 1 heterocycles. The van der Waals surface area contributed by atoms with Crippen molar-refractivity contribution in [2.45, 2.75) is 6.92 Å². The van der Waals surface area contributed by atoms with E-state index in [1.165, 1.54) is 0 Å². The molecule has 0 aromatic heterocycles. The Morgan fingerprint density at radius 2 is 1.94 bits per heavy atom. The minimum absolute atomic E-state index is 0.291. The van der Waals surface area contributed by atoms with Crippen molar-refractivity contribution in [1.29, 1.82) is 0 Å². The number of amides is 3. The number of imide groups is 1. The Kier molecular flexibility index (Phi) is 3.15. The number of likely N-dealkylation sites (N-methyl/N-ethyl adjacent to an activating group) is 1. The van der Waals surface area contributed by atoms with Crippen molar-refractivity contribution in [2.24, 2.45) is 0 Å². The highest BCUT2D eigenvalue weighted by Gasteiger charge is 2.31. The van der Waals surface area contributed by atoms with E-state index >= 15 is 0 Å². The number of hydrogen-bond acceptors (Lipinski definition) is 2. The third-order valence-corrected chi connectivity index (χ3v) is 2.71. The van der Waals surface area contributed by atoms with Crippen LogP contribution in [0.4, 0.5) is 4.79 Å². The number of halogens is 1. The molecule has 1 aromatic carbocycles. The van der Waals surface area contributed by atoms with Gasteiger partial charge in [0.25, 0.3) is 5.91 Å². The smallest absolute Gasteiger partial charge is 0.303 e. The van der Waals surface area contributed by atoms with Crippen molar-refractivity contribution >= 4 is 29.6 Å². The van der Waals surface area contributed by atoms with E-state index in [1.807, 2.05) is 0 Å². The minimum Gasteiger partial charge on any atom is -0.303 e. The van der Waals surface area contributed by atoms with Gasteiger partial charge in [-0.2, -0.15) is 0 Å². The molecule has 5 heteroatoms. The third-order valence-electron chi connectivity index (χ3n) is 2.46. The summed E-state index contributed by atoms with van der Waals surface area (Å²) < 4.78 is 0. The first-order valence-corrected chi connectivity index (χ1v) is 5.59. The summed E-state index contributed by atoms with van der Waals surface area (Å²) in [5.41, 5.74) is 1.11. The molecule has 1 fully saturated rings. The van der Waals surface area contributed by atoms with Gasteiger partial charge in [0, 0.05) is 11.6 Å². The molecule has 0 aliphatic carbocycles. The topological polar surface area (TPSA) is 49.4 Å². The van der Waals surface area contributed by atoms with Gasteiger partial charge in [-0.05, 0) is 30.7 Å². The summed E-state index contributed by atoms with van der Waals surface area (Å²) in [6.45, 7) is 2.12. The number of nitrogens with one attached hydrogen (secondary N) is 1. The fourth-order valence-corrected chi connectivity index (χ4v) is 1.71. The molecule has 2 rings (SSSR count). The number of rotatable bonds is 2. The summed E-state index contributed by atoms with van der Waals surface area (Å²) in [7, 11) is 0. The van der Waals surface area contributed by atoms with Gasteiger partial charge in [0.05, 0.1) is 0 Å². The van der Waals surface area contributed by atoms with Crippen molar-refractivity contribution in [2.75, 3.05) is 6.54 Å². The lowest BCUT2D eigenvalue weighted by molar-refractivity contribution is -0.122. The van der Waals surface area contributed by atoms with Crippen LogP contribution < -0.4 is 5.32 Å². The van der Waals surface area contributed by atoms with Gasteiger partial charge < -0.3 is 5.32 Å². The van der Waals surface area contributed by atoms with Crippen LogP contribution in [-0.2, 0) is 4.79 Å². The van der Waals surface area contributed by atoms with Crippen molar-refractivity contribution in [3.63, 3.8) is 0 Å². The van der Waals surface area contributed by atoms with Crippen molar-refractivity contribution in [3.05, 3.63) is 40.5 Å². The van der Waals surface area contributed by atoms with Gasteiger partial charge in [-0.3, -0.25) is 9.69 Å². The van der Waals surface area contributed by atoms with Crippen LogP contribution in [0.1, 0.15) is 12.5 Å². The average Bonchev–Trinajstić information content (AvgIpc) is 2.57. The van der Waals surface area contributed by atoms with Gasteiger partial charge >= 0.3 is 6.03 Å². The van der Waals surface area contributed by atoms with E-state index in [9.17, 15) is 9.59 Å². The van der Waals surface area contributed by atoms with Crippen LogP contribution in [0.2, 0.25) is 5.02 Å². The standard InChI is InChI=1S/C12H11ClN2O2/c1-2-15-11(16)10(14-12(15)17)7-8-3-5-9(13)6-4-8/h3-7H,2H2,1H3,(H,14,17)/b10-7+. The second kappa shape index (κ2) is 4.59. The molecule has 0 radical (unpaired) electrons. The maximum Gasteiger partial charge on any atom is 0.328 e. The molecular formula is C12H11ClN2O2. The van der Waals surface area contributed by atoms with Crippen LogP contribution in [0.15, 0.2) is 30.0 Å². The SMILES string of the molecule is CCN1C(=O)N/C(=C/c2ccc(Cl)cc2)C1=O. The monoisotopic (exact) mass is 250 g/mol. The molecule has 1 aliphatic heterocycles. The molecule has 4 nitrogen and oxygen atoms in total. The Labute approximate surface area is 104 Å². The van der Waals surface area contributed by atoms with E-state index in [0.29, 0.717) is 17.3 Å². The van der Waals surface area contributed by atoms with Crippen LogP contribution >= 0.6 is 11.6 Å². The molecule has 3 amide bonds. The predicted molar refractivity (Wildman–Crippen MR) is 65.3 cm³/mol. The summed E-state index contributed by atoms with van der Waals surface area (Å²) >= 11 is 5.76. The minimum atomic E-state index is -0.377. The first-order valence-electron chi connectivity index (χ1n) is 5.22. The second-order valence-electron chi connectivity index (χ2n) is 3.59. The summed E-state index contributed by atoms with van der Waals surface area (Å²) in [6, 6.07) is 6.64. The van der Waals surface area contributed by atoms with Gasteiger partial charge in [-0.15, -0.1) is 0 Å². The lowest BCUT2D eigenvalue weighted by atomic mass is 10.2. The fourth-order valence-electron chi connectivity index (χ4n) is 1.58. The zero-order valence-electron chi connectivity index (χ0n) is 9.24. The molecular weight excluding hydrogens is 240 g/mol. The molecule has 1 aliphatic rings. The molecule has 0 spiro atoms. The number of carbonyl (C=O) groups excluding carboxylic acids is 2. The molecule has 1 saturated heterocycles. The first kappa shape index (κ1) is 11.7. The predicted octanol–water partition coefficient (Wildman–Crippen LogP) is 2.25. The lowest BCUT2D eigenvalue weighted by Crippen LogP contribution is -2.30. The molecule has 0 bridgehead atoms. The molecule has 88 valence electrons. The summed E-state index contributed by atoms with van der Waals surface area (Å²) in [4.78, 5) is 24.3. The number of hydrogen-bond donors (Lipinski definition) is 1. The Hall–Kier alpha value is -1.81. The first-order chi connectivity index (χ1) is 8.11. The van der Waals surface area contributed by atoms with Crippen LogP contribution in [0.5, 0.6) is 0 Å². The number of urea groups is 1. The van der Waals surface area contributed by atoms with E-state index in [1.54, 1.807) is 37.3 Å². The van der Waals surface area contributed by atoms with Gasteiger partial charge in [-0.25, -0.2) is 4.79 Å². The zero-order chi connectivity index (χ0) is 12.4. The normalized spacial score (nSPS) is 17.8. The van der Waals surface area contributed by atoms with Crippen LogP contribution in [0, 0.1) is 0 Å². The number of benzene rings is 1. The van der Waals surface area contributed by atoms with Gasteiger partial charge in [-0.1, -0.05) is 23.7 Å². The maximum absolute atomic E-state index is 11.8. The molecule has 17 heavy (non-hydrogen) atoms. The molecule has 1 N–H and O–H groups in total. The highest BCUT2D eigenvalue weighted by Crippen LogP contribution is 2.15. The van der Waals surface area contributed by atoms with Crippen molar-refractivity contribution < 1.29 is 9.59 Å². The van der Waals surface area contributed by atoms with Crippen LogP contribution in [0.25, 0.3) is 6.08 Å². The summed E-state index contributed by atoms with van der Waals surface area (Å²) in [5.74, 6) is -0.299. The Balaban J connectivity index is 2.27. The second-order valence-corrected chi connectivity index (χ2v) is 4.03. The van der Waals surface area contributed by atoms with Gasteiger partial charge in [0.1, 0.15) is 5.70 Å². The van der Waals surface area contributed by atoms with Crippen molar-refractivity contribution in [3.8, 4) is 0 Å². The molecule has 1 aromatic rings. The molecule has 0 atom stereocenters. The average molecular weight is 251 g/mol. The quantitative estimate of drug-likeness (QED) is 0.647. The van der Waals surface area contributed by atoms with E-state index in [-0.39, 0.29) is 11.9 Å². The number of carbonyl (C=O) groups is 2. The highest BCUT2D eigenvalue weighted by molar-refractivity contribution is 6.30. The van der Waals surface area contributed by atoms with Crippen molar-refractivity contribution in [1.82, 2.24) is 10.2 Å². The summed E-state index contributed by atoms with van der Waals surface area (Å²) in [6.07, 6.45) is 1.63. The lowest BCUT2D eigenvalue weighted by Gasteiger charge is -2.05. The largest absolute Gasteiger partial charge is 0.328 e. The van der Waals surface area contributed by atoms with Crippen LogP contribution in [-0.4, -0.2) is 23.4 Å². The van der Waals surface area contributed by atoms with E-state index in [4.69, 9.17) is 11.6 Å². The van der Waals surface area contributed by atoms with E-state index < -0.39 is 0 Å². The third kappa shape index (κ3) is 2.31. The fraction of sp³-hybridized carbons (Fsp3) is 0.167.